The maximum absolute atomic E-state index is 12.7. The van der Waals surface area contributed by atoms with E-state index in [0.29, 0.717) is 36.9 Å². The minimum absolute atomic E-state index is 0.125. The van der Waals surface area contributed by atoms with Crippen LogP contribution in [-0.2, 0) is 17.8 Å². The average Bonchev–Trinajstić information content (AvgIpc) is 2.74. The SMILES string of the molecule is COCCNC(=S)N(Cc1ccccc1)Cc1cc2cc(OC)ccc2[nH]c1=O. The normalized spacial score (nSPS) is 10.7. The Morgan fingerprint density at radius 2 is 1.90 bits per heavy atom. The van der Waals surface area contributed by atoms with Gasteiger partial charge in [-0.05, 0) is 42.0 Å². The number of hydrogen-bond acceptors (Lipinski definition) is 4. The van der Waals surface area contributed by atoms with Crippen LogP contribution in [0, 0.1) is 0 Å². The fraction of sp³-hybridized carbons (Fsp3) is 0.273. The third kappa shape index (κ3) is 5.56. The summed E-state index contributed by atoms with van der Waals surface area (Å²) in [7, 11) is 3.27. The van der Waals surface area contributed by atoms with Crippen molar-refractivity contribution in [2.24, 2.45) is 0 Å². The van der Waals surface area contributed by atoms with Crippen LogP contribution in [0.25, 0.3) is 10.9 Å². The van der Waals surface area contributed by atoms with Crippen LogP contribution >= 0.6 is 12.2 Å². The molecule has 0 saturated carbocycles. The van der Waals surface area contributed by atoms with E-state index in [1.165, 1.54) is 0 Å². The highest BCUT2D eigenvalue weighted by atomic mass is 32.1. The quantitative estimate of drug-likeness (QED) is 0.439. The lowest BCUT2D eigenvalue weighted by Gasteiger charge is -2.26. The Morgan fingerprint density at radius 1 is 1.10 bits per heavy atom. The summed E-state index contributed by atoms with van der Waals surface area (Å²) >= 11 is 5.59. The van der Waals surface area contributed by atoms with Gasteiger partial charge in [0.15, 0.2) is 5.11 Å². The van der Waals surface area contributed by atoms with E-state index in [0.717, 1.165) is 22.2 Å². The number of hydrogen-bond donors (Lipinski definition) is 2. The molecule has 29 heavy (non-hydrogen) atoms. The fourth-order valence-corrected chi connectivity index (χ4v) is 3.29. The number of ether oxygens (including phenoxy) is 2. The summed E-state index contributed by atoms with van der Waals surface area (Å²) in [5.74, 6) is 0.744. The number of aromatic amines is 1. The molecule has 0 spiro atoms. The van der Waals surface area contributed by atoms with Crippen molar-refractivity contribution >= 4 is 28.2 Å². The molecule has 1 heterocycles. The van der Waals surface area contributed by atoms with E-state index in [4.69, 9.17) is 21.7 Å². The van der Waals surface area contributed by atoms with Gasteiger partial charge in [-0.1, -0.05) is 30.3 Å². The summed E-state index contributed by atoms with van der Waals surface area (Å²) in [6.45, 7) is 2.13. The van der Waals surface area contributed by atoms with Crippen molar-refractivity contribution in [2.75, 3.05) is 27.4 Å². The molecule has 0 bridgehead atoms. The number of fused-ring (bicyclic) bond motifs is 1. The predicted octanol–water partition coefficient (Wildman–Crippen LogP) is 3.06. The lowest BCUT2D eigenvalue weighted by molar-refractivity contribution is 0.202. The number of thiocarbonyl (C=S) groups is 1. The number of nitrogens with zero attached hydrogens (tertiary/aromatic N) is 1. The highest BCUT2D eigenvalue weighted by Gasteiger charge is 2.14. The van der Waals surface area contributed by atoms with Crippen LogP contribution in [0.3, 0.4) is 0 Å². The van der Waals surface area contributed by atoms with Crippen LogP contribution in [0.4, 0.5) is 0 Å². The summed E-state index contributed by atoms with van der Waals surface area (Å²) in [6.07, 6.45) is 0. The molecule has 0 aliphatic rings. The third-order valence-electron chi connectivity index (χ3n) is 4.58. The van der Waals surface area contributed by atoms with Crippen molar-refractivity contribution in [1.29, 1.82) is 0 Å². The van der Waals surface area contributed by atoms with Gasteiger partial charge in [0.1, 0.15) is 5.75 Å². The second-order valence-electron chi connectivity index (χ2n) is 6.64. The molecule has 6 nitrogen and oxygen atoms in total. The summed E-state index contributed by atoms with van der Waals surface area (Å²) in [4.78, 5) is 17.6. The summed E-state index contributed by atoms with van der Waals surface area (Å²) in [5, 5.41) is 4.69. The van der Waals surface area contributed by atoms with Crippen molar-refractivity contribution in [3.63, 3.8) is 0 Å². The van der Waals surface area contributed by atoms with Crippen LogP contribution in [0.5, 0.6) is 5.75 Å². The van der Waals surface area contributed by atoms with E-state index in [2.05, 4.69) is 10.3 Å². The lowest BCUT2D eigenvalue weighted by atomic mass is 10.1. The molecule has 0 radical (unpaired) electrons. The molecular formula is C22H25N3O3S. The van der Waals surface area contributed by atoms with Gasteiger partial charge in [0, 0.05) is 36.7 Å². The van der Waals surface area contributed by atoms with E-state index in [9.17, 15) is 4.79 Å². The smallest absolute Gasteiger partial charge is 0.253 e. The van der Waals surface area contributed by atoms with Gasteiger partial charge < -0.3 is 24.7 Å². The Kier molecular flexibility index (Phi) is 7.21. The molecule has 7 heteroatoms. The number of pyridine rings is 1. The van der Waals surface area contributed by atoms with E-state index in [-0.39, 0.29) is 5.56 Å². The Morgan fingerprint density at radius 3 is 2.62 bits per heavy atom. The van der Waals surface area contributed by atoms with Gasteiger partial charge in [-0.25, -0.2) is 0 Å². The number of benzene rings is 2. The lowest BCUT2D eigenvalue weighted by Crippen LogP contribution is -2.41. The van der Waals surface area contributed by atoms with Gasteiger partial charge in [-0.3, -0.25) is 4.79 Å². The first-order valence-electron chi connectivity index (χ1n) is 9.36. The molecule has 0 aliphatic carbocycles. The molecule has 0 atom stereocenters. The van der Waals surface area contributed by atoms with Crippen LogP contribution in [0.2, 0.25) is 0 Å². The van der Waals surface area contributed by atoms with Crippen LogP contribution in [-0.4, -0.2) is 42.4 Å². The topological polar surface area (TPSA) is 66.6 Å². The Hall–Kier alpha value is -2.90. The first-order valence-corrected chi connectivity index (χ1v) is 9.77. The second-order valence-corrected chi connectivity index (χ2v) is 7.03. The van der Waals surface area contributed by atoms with E-state index in [1.54, 1.807) is 14.2 Å². The van der Waals surface area contributed by atoms with Gasteiger partial charge >= 0.3 is 0 Å². The molecule has 3 rings (SSSR count). The average molecular weight is 412 g/mol. The number of methoxy groups -OCH3 is 2. The van der Waals surface area contributed by atoms with Crippen molar-refractivity contribution in [1.82, 2.24) is 15.2 Å². The number of nitrogens with one attached hydrogen (secondary N) is 2. The maximum Gasteiger partial charge on any atom is 0.253 e. The van der Waals surface area contributed by atoms with Gasteiger partial charge in [0.25, 0.3) is 5.56 Å². The number of aromatic nitrogens is 1. The highest BCUT2D eigenvalue weighted by Crippen LogP contribution is 2.19. The number of rotatable bonds is 8. The van der Waals surface area contributed by atoms with Gasteiger partial charge in [0.05, 0.1) is 20.3 Å². The van der Waals surface area contributed by atoms with Crippen LogP contribution in [0.15, 0.2) is 59.4 Å². The highest BCUT2D eigenvalue weighted by molar-refractivity contribution is 7.80. The van der Waals surface area contributed by atoms with E-state index < -0.39 is 0 Å². The molecule has 2 N–H and O–H groups in total. The molecule has 1 aromatic heterocycles. The van der Waals surface area contributed by atoms with Crippen molar-refractivity contribution in [3.05, 3.63) is 76.1 Å². The molecule has 0 unspecified atom stereocenters. The van der Waals surface area contributed by atoms with Crippen molar-refractivity contribution in [3.8, 4) is 5.75 Å². The third-order valence-corrected chi connectivity index (χ3v) is 4.98. The fourth-order valence-electron chi connectivity index (χ4n) is 3.06. The summed E-state index contributed by atoms with van der Waals surface area (Å²) in [6, 6.07) is 17.5. The van der Waals surface area contributed by atoms with Crippen molar-refractivity contribution < 1.29 is 9.47 Å². The Balaban J connectivity index is 1.88. The molecule has 0 saturated heterocycles. The standard InChI is InChI=1S/C22H25N3O3S/c1-27-11-10-23-22(29)25(14-16-6-4-3-5-7-16)15-18-12-17-13-19(28-2)8-9-20(17)24-21(18)26/h3-9,12-13H,10-11,14-15H2,1-2H3,(H,23,29)(H,24,26). The van der Waals surface area contributed by atoms with Crippen LogP contribution < -0.4 is 15.6 Å². The predicted molar refractivity (Wildman–Crippen MR) is 119 cm³/mol. The summed E-state index contributed by atoms with van der Waals surface area (Å²) in [5.41, 5.74) is 2.40. The zero-order valence-electron chi connectivity index (χ0n) is 16.6. The maximum atomic E-state index is 12.7. The van der Waals surface area contributed by atoms with E-state index in [1.807, 2.05) is 59.5 Å². The molecule has 0 fully saturated rings. The second kappa shape index (κ2) is 10.0. The number of H-pyrrole nitrogens is 1. The molecule has 0 aliphatic heterocycles. The van der Waals surface area contributed by atoms with Gasteiger partial charge in [-0.15, -0.1) is 0 Å². The zero-order chi connectivity index (χ0) is 20.6. The molecule has 3 aromatic rings. The Bertz CT molecular complexity index is 1020. The molecule has 2 aromatic carbocycles. The molecule has 0 amide bonds. The minimum atomic E-state index is -0.125. The first kappa shape index (κ1) is 20.8. The first-order chi connectivity index (χ1) is 14.1. The molecule has 152 valence electrons. The Labute approximate surface area is 175 Å². The van der Waals surface area contributed by atoms with Crippen LogP contribution in [0.1, 0.15) is 11.1 Å². The largest absolute Gasteiger partial charge is 0.497 e. The van der Waals surface area contributed by atoms with Crippen molar-refractivity contribution in [2.45, 2.75) is 13.1 Å². The minimum Gasteiger partial charge on any atom is -0.497 e. The zero-order valence-corrected chi connectivity index (χ0v) is 17.4. The molecular weight excluding hydrogens is 386 g/mol. The summed E-state index contributed by atoms with van der Waals surface area (Å²) < 4.78 is 10.4. The van der Waals surface area contributed by atoms with E-state index >= 15 is 0 Å². The monoisotopic (exact) mass is 411 g/mol. The van der Waals surface area contributed by atoms with Gasteiger partial charge in [0.2, 0.25) is 0 Å². The van der Waals surface area contributed by atoms with Gasteiger partial charge in [-0.2, -0.15) is 0 Å².